The Balaban J connectivity index is 1.56. The summed E-state index contributed by atoms with van der Waals surface area (Å²) in [7, 11) is -3.78. The Morgan fingerprint density at radius 2 is 0.614 bits per heavy atom. The minimum absolute atomic E-state index is 0.421. The number of hydrogen-bond acceptors (Lipinski definition) is 7. The van der Waals surface area contributed by atoms with Gasteiger partial charge in [-0.2, -0.15) is 0 Å². The van der Waals surface area contributed by atoms with Crippen LogP contribution in [0.3, 0.4) is 0 Å². The van der Waals surface area contributed by atoms with Gasteiger partial charge in [0.2, 0.25) is 0 Å². The lowest BCUT2D eigenvalue weighted by molar-refractivity contribution is 0.483. The lowest BCUT2D eigenvalue weighted by Gasteiger charge is -2.26. The molecule has 44 heavy (non-hydrogen) atoms. The number of rotatable bonds is 9. The number of anilines is 3. The van der Waals surface area contributed by atoms with E-state index in [9.17, 15) is 0 Å². The van der Waals surface area contributed by atoms with Gasteiger partial charge in [0.25, 0.3) is 0 Å². The normalized spacial score (nSPS) is 11.1. The van der Waals surface area contributed by atoms with E-state index in [1.54, 1.807) is 91.0 Å². The third-order valence-electron chi connectivity index (χ3n) is 6.94. The summed E-state index contributed by atoms with van der Waals surface area (Å²) in [5.74, 6) is 2.92. The summed E-state index contributed by atoms with van der Waals surface area (Å²) in [6.45, 7) is 0. The van der Waals surface area contributed by atoms with Crippen molar-refractivity contribution in [3.05, 3.63) is 146 Å². The second-order valence-electron chi connectivity index (χ2n) is 10.0. The minimum Gasteiger partial charge on any atom is -0.457 e. The molecule has 6 rings (SSSR count). The third-order valence-corrected chi connectivity index (χ3v) is 10.1. The lowest BCUT2D eigenvalue weighted by Crippen LogP contribution is -2.28. The molecule has 218 valence electrons. The van der Waals surface area contributed by atoms with E-state index in [1.807, 2.05) is 54.6 Å². The average Bonchev–Trinajstić information content (AvgIpc) is 3.05. The molecule has 0 fully saturated rings. The van der Waals surface area contributed by atoms with Gasteiger partial charge >= 0.3 is 0 Å². The second-order valence-corrected chi connectivity index (χ2v) is 12.7. The Morgan fingerprint density at radius 3 is 0.886 bits per heavy atom. The predicted octanol–water partition coefficient (Wildman–Crippen LogP) is 7.45. The van der Waals surface area contributed by atoms with Crippen LogP contribution in [0.25, 0.3) is 0 Å². The van der Waals surface area contributed by atoms with Crippen LogP contribution in [0.15, 0.2) is 146 Å². The summed E-state index contributed by atoms with van der Waals surface area (Å²) in [5.41, 5.74) is 19.5. The van der Waals surface area contributed by atoms with Gasteiger partial charge in [-0.15, -0.1) is 0 Å². The molecule has 0 saturated carbocycles. The van der Waals surface area contributed by atoms with E-state index in [0.717, 1.165) is 0 Å². The van der Waals surface area contributed by atoms with Crippen molar-refractivity contribution in [3.8, 4) is 34.5 Å². The van der Waals surface area contributed by atoms with Crippen molar-refractivity contribution in [1.82, 2.24) is 0 Å². The molecule has 0 saturated heterocycles. The monoisotopic (exact) mass is 599 g/mol. The topological polar surface area (TPSA) is 123 Å². The number of benzene rings is 6. The van der Waals surface area contributed by atoms with Gasteiger partial charge in [0, 0.05) is 17.1 Å². The summed E-state index contributed by atoms with van der Waals surface area (Å²) in [6.07, 6.45) is 0. The fourth-order valence-electron chi connectivity index (χ4n) is 4.79. The van der Waals surface area contributed by atoms with Crippen LogP contribution >= 0.6 is 7.14 Å². The first-order chi connectivity index (χ1) is 21.4. The van der Waals surface area contributed by atoms with Crippen LogP contribution in [-0.2, 0) is 4.57 Å². The molecule has 0 aliphatic carbocycles. The summed E-state index contributed by atoms with van der Waals surface area (Å²) >= 11 is 0. The number of nitrogen functional groups attached to an aromatic ring is 3. The average molecular weight is 600 g/mol. The van der Waals surface area contributed by atoms with E-state index in [0.29, 0.717) is 67.5 Å². The van der Waals surface area contributed by atoms with Crippen LogP contribution < -0.4 is 47.3 Å². The smallest absolute Gasteiger partial charge is 0.182 e. The van der Waals surface area contributed by atoms with Gasteiger partial charge in [-0.3, -0.25) is 0 Å². The summed E-state index contributed by atoms with van der Waals surface area (Å²) in [5, 5.41) is 1.41. The third kappa shape index (κ3) is 5.95. The second kappa shape index (κ2) is 12.3. The zero-order valence-corrected chi connectivity index (χ0v) is 24.6. The highest BCUT2D eigenvalue weighted by molar-refractivity contribution is 7.85. The maximum atomic E-state index is 16.1. The Morgan fingerprint density at radius 1 is 0.364 bits per heavy atom. The number of hydrogen-bond donors (Lipinski definition) is 3. The van der Waals surface area contributed by atoms with Gasteiger partial charge in [-0.25, -0.2) is 0 Å². The highest BCUT2D eigenvalue weighted by Gasteiger charge is 2.38. The molecule has 0 heterocycles. The molecular weight excluding hydrogens is 569 g/mol. The van der Waals surface area contributed by atoms with Crippen molar-refractivity contribution >= 4 is 40.1 Å². The highest BCUT2D eigenvalue weighted by atomic mass is 31.2. The summed E-state index contributed by atoms with van der Waals surface area (Å²) in [4.78, 5) is 0. The van der Waals surface area contributed by atoms with Crippen molar-refractivity contribution in [3.63, 3.8) is 0 Å². The van der Waals surface area contributed by atoms with E-state index in [-0.39, 0.29) is 0 Å². The molecule has 0 aliphatic rings. The van der Waals surface area contributed by atoms with Crippen molar-refractivity contribution < 1.29 is 18.8 Å². The van der Waals surface area contributed by atoms with Crippen LogP contribution in [0.5, 0.6) is 34.5 Å². The molecule has 8 heteroatoms. The van der Waals surface area contributed by atoms with Crippen molar-refractivity contribution in [1.29, 1.82) is 0 Å². The molecule has 6 aromatic rings. The molecule has 0 aliphatic heterocycles. The summed E-state index contributed by atoms with van der Waals surface area (Å²) in [6, 6.07) is 43.0. The van der Waals surface area contributed by atoms with E-state index in [1.165, 1.54) is 0 Å². The van der Waals surface area contributed by atoms with E-state index < -0.39 is 7.14 Å². The van der Waals surface area contributed by atoms with Crippen LogP contribution in [0, 0.1) is 0 Å². The fraction of sp³-hybridized carbons (Fsp3) is 0. The van der Waals surface area contributed by atoms with Crippen LogP contribution in [0.2, 0.25) is 0 Å². The molecule has 6 aromatic carbocycles. The molecule has 7 nitrogen and oxygen atoms in total. The van der Waals surface area contributed by atoms with Gasteiger partial charge in [0.1, 0.15) is 34.5 Å². The SMILES string of the molecule is Nc1ccc(Oc2ccccc2P(=O)(c2ccccc2Oc2ccc(N)cc2)c2ccccc2Oc2ccc(N)cc2)cc1. The largest absolute Gasteiger partial charge is 0.457 e. The first-order valence-corrected chi connectivity index (χ1v) is 15.6. The lowest BCUT2D eigenvalue weighted by atomic mass is 10.3. The Bertz CT molecular complexity index is 1720. The van der Waals surface area contributed by atoms with E-state index in [2.05, 4.69) is 0 Å². The van der Waals surface area contributed by atoms with Gasteiger partial charge in [-0.05, 0) is 109 Å². The van der Waals surface area contributed by atoms with Crippen molar-refractivity contribution in [2.24, 2.45) is 0 Å². The number of para-hydroxylation sites is 3. The number of nitrogens with two attached hydrogens (primary N) is 3. The maximum Gasteiger partial charge on any atom is 0.182 e. The molecule has 0 aromatic heterocycles. The van der Waals surface area contributed by atoms with Crippen molar-refractivity contribution in [2.75, 3.05) is 17.2 Å². The molecule has 0 bridgehead atoms. The van der Waals surface area contributed by atoms with E-state index >= 15 is 4.57 Å². The maximum absolute atomic E-state index is 16.1. The molecule has 0 spiro atoms. The van der Waals surface area contributed by atoms with E-state index in [4.69, 9.17) is 31.4 Å². The molecule has 0 unspecified atom stereocenters. The molecule has 6 N–H and O–H groups in total. The quantitative estimate of drug-likeness (QED) is 0.117. The molecule has 0 atom stereocenters. The predicted molar refractivity (Wildman–Crippen MR) is 179 cm³/mol. The van der Waals surface area contributed by atoms with Crippen LogP contribution in [0.4, 0.5) is 17.1 Å². The van der Waals surface area contributed by atoms with Gasteiger partial charge < -0.3 is 36.0 Å². The van der Waals surface area contributed by atoms with Crippen LogP contribution in [0.1, 0.15) is 0 Å². The molecule has 0 amide bonds. The zero-order chi connectivity index (χ0) is 30.5. The summed E-state index contributed by atoms with van der Waals surface area (Å²) < 4.78 is 35.2. The van der Waals surface area contributed by atoms with Gasteiger partial charge in [0.05, 0.1) is 15.9 Å². The zero-order valence-electron chi connectivity index (χ0n) is 23.7. The standard InChI is InChI=1S/C36H30N3O4P/c37-25-13-19-28(20-14-25)41-31-7-1-4-10-34(31)44(40,35-11-5-2-8-32(35)42-29-21-15-26(38)16-22-29)36-12-6-3-9-33(36)43-30-23-17-27(39)18-24-30/h1-24H,37-39H2. The Labute approximate surface area is 255 Å². The Kier molecular flexibility index (Phi) is 7.96. The van der Waals surface area contributed by atoms with Crippen LogP contribution in [-0.4, -0.2) is 0 Å². The number of ether oxygens (including phenoxy) is 3. The Hall–Kier alpha value is -5.65. The van der Waals surface area contributed by atoms with Crippen molar-refractivity contribution in [2.45, 2.75) is 0 Å². The first-order valence-electron chi connectivity index (χ1n) is 13.9. The minimum atomic E-state index is -3.78. The van der Waals surface area contributed by atoms with Gasteiger partial charge in [-0.1, -0.05) is 36.4 Å². The van der Waals surface area contributed by atoms with Gasteiger partial charge in [0.15, 0.2) is 7.14 Å². The first kappa shape index (κ1) is 28.5. The fourth-order valence-corrected chi connectivity index (χ4v) is 7.75. The molecular formula is C36H30N3O4P. The molecule has 0 radical (unpaired) electrons. The highest BCUT2D eigenvalue weighted by Crippen LogP contribution is 2.51.